The van der Waals surface area contributed by atoms with Crippen molar-refractivity contribution in [3.8, 4) is 0 Å². The molecule has 2 aromatic rings. The van der Waals surface area contributed by atoms with E-state index in [1.54, 1.807) is 13.0 Å². The molecule has 6 atom stereocenters. The molecule has 0 amide bonds. The van der Waals surface area contributed by atoms with Gasteiger partial charge < -0.3 is 25.2 Å². The Morgan fingerprint density at radius 3 is 2.29 bits per heavy atom. The van der Waals surface area contributed by atoms with Crippen LogP contribution in [0.2, 0.25) is 0 Å². The number of hydrogen-bond acceptors (Lipinski definition) is 9. The number of benzene rings is 2. The highest BCUT2D eigenvalue weighted by molar-refractivity contribution is 5.80. The standard InChI is InChI=1S/C22H24O9/c1-12(15-9-5-8-14(11-15)10-13-6-3-2-4-7-13)20(26)30-31-22(28)19-17(24)16(23)18(25)21(27)29-19/h2-9,11-12,16-19,21,23-25,27H,10H2,1H3/t12-,16+,17+,18-,19+,21+/m1/s1. The summed E-state index contributed by atoms with van der Waals surface area (Å²) >= 11 is 0. The summed E-state index contributed by atoms with van der Waals surface area (Å²) in [5, 5.41) is 38.3. The van der Waals surface area contributed by atoms with Crippen molar-refractivity contribution in [2.24, 2.45) is 0 Å². The van der Waals surface area contributed by atoms with E-state index in [0.717, 1.165) is 11.1 Å². The van der Waals surface area contributed by atoms with Crippen molar-refractivity contribution in [2.45, 2.75) is 50.0 Å². The van der Waals surface area contributed by atoms with Gasteiger partial charge in [-0.1, -0.05) is 54.6 Å². The highest BCUT2D eigenvalue weighted by atomic mass is 17.2. The third kappa shape index (κ3) is 5.46. The maximum Gasteiger partial charge on any atom is 0.386 e. The maximum absolute atomic E-state index is 12.3. The summed E-state index contributed by atoms with van der Waals surface area (Å²) in [7, 11) is 0. The van der Waals surface area contributed by atoms with Crippen LogP contribution in [-0.2, 0) is 30.5 Å². The van der Waals surface area contributed by atoms with Crippen LogP contribution in [0, 0.1) is 0 Å². The van der Waals surface area contributed by atoms with Gasteiger partial charge in [-0.15, -0.1) is 0 Å². The molecule has 1 aliphatic rings. The summed E-state index contributed by atoms with van der Waals surface area (Å²) in [6.07, 6.45) is -8.60. The minimum atomic E-state index is -1.92. The van der Waals surface area contributed by atoms with Crippen LogP contribution in [0.1, 0.15) is 29.5 Å². The van der Waals surface area contributed by atoms with Gasteiger partial charge in [0.2, 0.25) is 0 Å². The first-order chi connectivity index (χ1) is 14.8. The lowest BCUT2D eigenvalue weighted by atomic mass is 9.96. The van der Waals surface area contributed by atoms with E-state index in [2.05, 4.69) is 9.78 Å². The molecule has 3 rings (SSSR count). The van der Waals surface area contributed by atoms with Crippen LogP contribution >= 0.6 is 0 Å². The van der Waals surface area contributed by atoms with Gasteiger partial charge in [-0.05, 0) is 30.0 Å². The second-order valence-electron chi connectivity index (χ2n) is 7.35. The van der Waals surface area contributed by atoms with Gasteiger partial charge in [0.1, 0.15) is 18.3 Å². The predicted molar refractivity (Wildman–Crippen MR) is 105 cm³/mol. The van der Waals surface area contributed by atoms with Crippen molar-refractivity contribution < 1.29 is 44.5 Å². The van der Waals surface area contributed by atoms with E-state index < -0.39 is 48.6 Å². The average molecular weight is 432 g/mol. The van der Waals surface area contributed by atoms with E-state index in [4.69, 9.17) is 4.74 Å². The first-order valence-corrected chi connectivity index (χ1v) is 9.70. The maximum atomic E-state index is 12.3. The SMILES string of the molecule is C[C@@H](C(=O)OOC(=O)[C@H]1O[C@H](O)[C@H](O)[C@@H](O)[C@@H]1O)c1cccc(Cc2ccccc2)c1. The molecule has 1 fully saturated rings. The summed E-state index contributed by atoms with van der Waals surface area (Å²) < 4.78 is 4.72. The summed E-state index contributed by atoms with van der Waals surface area (Å²) in [6.45, 7) is 1.58. The first-order valence-electron chi connectivity index (χ1n) is 9.70. The molecule has 1 aliphatic heterocycles. The van der Waals surface area contributed by atoms with Gasteiger partial charge in [-0.2, -0.15) is 0 Å². The second-order valence-corrected chi connectivity index (χ2v) is 7.35. The van der Waals surface area contributed by atoms with Crippen LogP contribution in [0.4, 0.5) is 0 Å². The van der Waals surface area contributed by atoms with Gasteiger partial charge >= 0.3 is 11.9 Å². The Morgan fingerprint density at radius 1 is 0.903 bits per heavy atom. The van der Waals surface area contributed by atoms with Crippen molar-refractivity contribution >= 4 is 11.9 Å². The Morgan fingerprint density at radius 2 is 1.58 bits per heavy atom. The van der Waals surface area contributed by atoms with Crippen LogP contribution in [-0.4, -0.2) is 63.1 Å². The zero-order valence-electron chi connectivity index (χ0n) is 16.7. The molecule has 4 N–H and O–H groups in total. The van der Waals surface area contributed by atoms with Gasteiger partial charge in [-0.3, -0.25) is 0 Å². The number of aliphatic hydroxyl groups excluding tert-OH is 4. The van der Waals surface area contributed by atoms with E-state index in [9.17, 15) is 30.0 Å². The molecule has 0 aromatic heterocycles. The monoisotopic (exact) mass is 432 g/mol. The van der Waals surface area contributed by atoms with Gasteiger partial charge in [0.15, 0.2) is 12.4 Å². The summed E-state index contributed by atoms with van der Waals surface area (Å²) in [6, 6.07) is 17.1. The van der Waals surface area contributed by atoms with Crippen LogP contribution in [0.25, 0.3) is 0 Å². The van der Waals surface area contributed by atoms with Gasteiger partial charge in [0.05, 0.1) is 5.92 Å². The molecule has 9 nitrogen and oxygen atoms in total. The average Bonchev–Trinajstić information content (AvgIpc) is 2.78. The third-order valence-corrected chi connectivity index (χ3v) is 5.08. The molecule has 0 aliphatic carbocycles. The minimum Gasteiger partial charge on any atom is -0.387 e. The zero-order chi connectivity index (χ0) is 22.5. The van der Waals surface area contributed by atoms with Crippen LogP contribution in [0.3, 0.4) is 0 Å². The van der Waals surface area contributed by atoms with Crippen LogP contribution in [0.15, 0.2) is 54.6 Å². The van der Waals surface area contributed by atoms with E-state index in [1.807, 2.05) is 48.5 Å². The Hall–Kier alpha value is -2.82. The Bertz CT molecular complexity index is 901. The highest BCUT2D eigenvalue weighted by Crippen LogP contribution is 2.23. The Kier molecular flexibility index (Phi) is 7.37. The van der Waals surface area contributed by atoms with E-state index in [-0.39, 0.29) is 0 Å². The molecule has 31 heavy (non-hydrogen) atoms. The molecule has 166 valence electrons. The first kappa shape index (κ1) is 22.9. The van der Waals surface area contributed by atoms with Gasteiger partial charge in [0, 0.05) is 0 Å². The molecule has 0 radical (unpaired) electrons. The van der Waals surface area contributed by atoms with Crippen LogP contribution in [0.5, 0.6) is 0 Å². The molecule has 0 saturated carbocycles. The topological polar surface area (TPSA) is 143 Å². The number of ether oxygens (including phenoxy) is 1. The fourth-order valence-electron chi connectivity index (χ4n) is 3.20. The van der Waals surface area contributed by atoms with E-state index in [0.29, 0.717) is 12.0 Å². The van der Waals surface area contributed by atoms with Crippen molar-refractivity contribution in [1.29, 1.82) is 0 Å². The predicted octanol–water partition coefficient (Wildman–Crippen LogP) is 0.182. The molecule has 0 bridgehead atoms. The lowest BCUT2D eigenvalue weighted by Gasteiger charge is -2.36. The quantitative estimate of drug-likeness (QED) is 0.384. The molecule has 2 aromatic carbocycles. The van der Waals surface area contributed by atoms with Crippen molar-refractivity contribution in [2.75, 3.05) is 0 Å². The largest absolute Gasteiger partial charge is 0.387 e. The fourth-order valence-corrected chi connectivity index (χ4v) is 3.20. The van der Waals surface area contributed by atoms with Crippen molar-refractivity contribution in [1.82, 2.24) is 0 Å². The summed E-state index contributed by atoms with van der Waals surface area (Å²) in [5.74, 6) is -2.97. The Labute approximate surface area is 178 Å². The zero-order valence-corrected chi connectivity index (χ0v) is 16.7. The summed E-state index contributed by atoms with van der Waals surface area (Å²) in [5.41, 5.74) is 2.75. The van der Waals surface area contributed by atoms with E-state index >= 15 is 0 Å². The molecule has 0 unspecified atom stereocenters. The fraction of sp³-hybridized carbons (Fsp3) is 0.364. The third-order valence-electron chi connectivity index (χ3n) is 5.08. The number of carbonyl (C=O) groups is 2. The lowest BCUT2D eigenvalue weighted by molar-refractivity contribution is -0.305. The van der Waals surface area contributed by atoms with Crippen LogP contribution < -0.4 is 0 Å². The minimum absolute atomic E-state index is 0.650. The number of aliphatic hydroxyl groups is 4. The Balaban J connectivity index is 1.58. The van der Waals surface area contributed by atoms with Gasteiger partial charge in [0.25, 0.3) is 0 Å². The second kappa shape index (κ2) is 9.99. The molecule has 9 heteroatoms. The highest BCUT2D eigenvalue weighted by Gasteiger charge is 2.47. The molecule has 0 spiro atoms. The molecular formula is C22H24O9. The van der Waals surface area contributed by atoms with Crippen molar-refractivity contribution in [3.63, 3.8) is 0 Å². The molecule has 1 saturated heterocycles. The lowest BCUT2D eigenvalue weighted by Crippen LogP contribution is -2.60. The summed E-state index contributed by atoms with van der Waals surface area (Å²) in [4.78, 5) is 33.4. The van der Waals surface area contributed by atoms with Gasteiger partial charge in [-0.25, -0.2) is 19.4 Å². The molecule has 1 heterocycles. The number of rotatable bonds is 5. The van der Waals surface area contributed by atoms with E-state index in [1.165, 1.54) is 0 Å². The smallest absolute Gasteiger partial charge is 0.386 e. The normalized spacial score (nSPS) is 26.7. The number of carbonyl (C=O) groups excluding carboxylic acids is 2. The molecular weight excluding hydrogens is 408 g/mol. The number of hydrogen-bond donors (Lipinski definition) is 4. The van der Waals surface area contributed by atoms with Crippen molar-refractivity contribution in [3.05, 3.63) is 71.3 Å².